The molecule has 2 rings (SSSR count). The van der Waals surface area contributed by atoms with Gasteiger partial charge in [-0.25, -0.2) is 0 Å². The van der Waals surface area contributed by atoms with E-state index in [-0.39, 0.29) is 11.7 Å². The number of benzene rings is 1. The molecule has 1 atom stereocenters. The van der Waals surface area contributed by atoms with Crippen molar-refractivity contribution in [1.29, 1.82) is 0 Å². The smallest absolute Gasteiger partial charge is 0.191 e. The molecule has 0 spiro atoms. The molecule has 1 aromatic carbocycles. The molecule has 0 radical (unpaired) electrons. The molecule has 1 aliphatic rings. The second-order valence-corrected chi connectivity index (χ2v) is 4.62. The van der Waals surface area contributed by atoms with Gasteiger partial charge < -0.3 is 14.2 Å². The zero-order valence-corrected chi connectivity index (χ0v) is 10.9. The first-order chi connectivity index (χ1) is 8.63. The number of Topliss-reactive ketones (excluding diaryl/α,β-unsaturated/α-hetero) is 1. The zero-order valence-electron chi connectivity index (χ0n) is 10.9. The summed E-state index contributed by atoms with van der Waals surface area (Å²) in [5.41, 5.74) is 0.597. The Hall–Kier alpha value is -1.55. The number of rotatable bonds is 4. The summed E-state index contributed by atoms with van der Waals surface area (Å²) in [6.07, 6.45) is -0.424. The molecule has 18 heavy (non-hydrogen) atoms. The average molecular weight is 250 g/mol. The quantitative estimate of drug-likeness (QED) is 0.769. The molecule has 0 aromatic heterocycles. The van der Waals surface area contributed by atoms with E-state index in [9.17, 15) is 4.79 Å². The lowest BCUT2D eigenvalue weighted by Gasteiger charge is -2.21. The minimum atomic E-state index is -0.424. The van der Waals surface area contributed by atoms with E-state index in [0.717, 1.165) is 0 Å². The fraction of sp³-hybridized carbons (Fsp3) is 0.500. The SMILES string of the molecule is COC(C(=O)c1ccc2c(c1)OCCO2)C(C)C. The monoisotopic (exact) mass is 250 g/mol. The van der Waals surface area contributed by atoms with E-state index >= 15 is 0 Å². The molecule has 4 heteroatoms. The van der Waals surface area contributed by atoms with E-state index < -0.39 is 6.10 Å². The van der Waals surface area contributed by atoms with Crippen LogP contribution in [0.5, 0.6) is 11.5 Å². The van der Waals surface area contributed by atoms with E-state index in [1.54, 1.807) is 25.3 Å². The Bertz CT molecular complexity index is 439. The molecule has 0 amide bonds. The minimum Gasteiger partial charge on any atom is -0.486 e. The summed E-state index contributed by atoms with van der Waals surface area (Å²) in [6, 6.07) is 5.25. The second kappa shape index (κ2) is 5.40. The van der Waals surface area contributed by atoms with Crippen molar-refractivity contribution in [2.75, 3.05) is 20.3 Å². The van der Waals surface area contributed by atoms with Gasteiger partial charge in [-0.15, -0.1) is 0 Å². The van der Waals surface area contributed by atoms with E-state index in [1.807, 2.05) is 13.8 Å². The normalized spacial score (nSPS) is 15.6. The molecule has 4 nitrogen and oxygen atoms in total. The number of hydrogen-bond donors (Lipinski definition) is 0. The average Bonchev–Trinajstić information content (AvgIpc) is 2.38. The molecule has 0 fully saturated rings. The fourth-order valence-corrected chi connectivity index (χ4v) is 2.04. The van der Waals surface area contributed by atoms with Crippen LogP contribution >= 0.6 is 0 Å². The standard InChI is InChI=1S/C14H18O4/c1-9(2)14(16-3)13(15)10-4-5-11-12(8-10)18-7-6-17-11/h4-5,8-9,14H,6-7H2,1-3H3. The van der Waals surface area contributed by atoms with Crippen molar-refractivity contribution in [3.8, 4) is 11.5 Å². The topological polar surface area (TPSA) is 44.8 Å². The summed E-state index contributed by atoms with van der Waals surface area (Å²) in [6.45, 7) is 4.99. The van der Waals surface area contributed by atoms with Crippen LogP contribution < -0.4 is 9.47 Å². The van der Waals surface area contributed by atoms with Crippen molar-refractivity contribution in [2.45, 2.75) is 20.0 Å². The van der Waals surface area contributed by atoms with Crippen LogP contribution in [0.2, 0.25) is 0 Å². The van der Waals surface area contributed by atoms with Gasteiger partial charge in [-0.1, -0.05) is 13.8 Å². The zero-order chi connectivity index (χ0) is 13.1. The van der Waals surface area contributed by atoms with E-state index in [2.05, 4.69) is 0 Å². The number of ketones is 1. The number of carbonyl (C=O) groups excluding carboxylic acids is 1. The highest BCUT2D eigenvalue weighted by Gasteiger charge is 2.24. The minimum absolute atomic E-state index is 0.0236. The van der Waals surface area contributed by atoms with E-state index in [4.69, 9.17) is 14.2 Å². The van der Waals surface area contributed by atoms with Crippen molar-refractivity contribution in [1.82, 2.24) is 0 Å². The summed E-state index contributed by atoms with van der Waals surface area (Å²) in [5, 5.41) is 0. The Morgan fingerprint density at radius 1 is 1.22 bits per heavy atom. The molecule has 1 unspecified atom stereocenters. The van der Waals surface area contributed by atoms with Crippen LogP contribution in [0.15, 0.2) is 18.2 Å². The van der Waals surface area contributed by atoms with Gasteiger partial charge in [0.25, 0.3) is 0 Å². The van der Waals surface area contributed by atoms with Gasteiger partial charge in [-0.05, 0) is 24.1 Å². The van der Waals surface area contributed by atoms with Gasteiger partial charge >= 0.3 is 0 Å². The lowest BCUT2D eigenvalue weighted by Crippen LogP contribution is -2.28. The van der Waals surface area contributed by atoms with Crippen LogP contribution in [0, 0.1) is 5.92 Å². The summed E-state index contributed by atoms with van der Waals surface area (Å²) in [7, 11) is 1.56. The van der Waals surface area contributed by atoms with Gasteiger partial charge in [0.1, 0.15) is 19.3 Å². The number of ether oxygens (including phenoxy) is 3. The summed E-state index contributed by atoms with van der Waals surface area (Å²) >= 11 is 0. The molecular formula is C14H18O4. The van der Waals surface area contributed by atoms with Crippen LogP contribution in [-0.2, 0) is 4.74 Å². The highest BCUT2D eigenvalue weighted by molar-refractivity contribution is 6.00. The Balaban J connectivity index is 2.25. The highest BCUT2D eigenvalue weighted by Crippen LogP contribution is 2.31. The molecule has 1 heterocycles. The van der Waals surface area contributed by atoms with Crippen LogP contribution in [0.4, 0.5) is 0 Å². The first-order valence-electron chi connectivity index (χ1n) is 6.10. The molecule has 1 aliphatic heterocycles. The van der Waals surface area contributed by atoms with Gasteiger partial charge in [0.2, 0.25) is 0 Å². The van der Waals surface area contributed by atoms with Gasteiger partial charge in [0.15, 0.2) is 17.3 Å². The van der Waals surface area contributed by atoms with Crippen LogP contribution in [0.1, 0.15) is 24.2 Å². The Morgan fingerprint density at radius 2 is 1.89 bits per heavy atom. The second-order valence-electron chi connectivity index (χ2n) is 4.62. The van der Waals surface area contributed by atoms with Crippen molar-refractivity contribution in [3.63, 3.8) is 0 Å². The van der Waals surface area contributed by atoms with E-state index in [1.165, 1.54) is 0 Å². The van der Waals surface area contributed by atoms with Gasteiger partial charge in [0.05, 0.1) is 0 Å². The largest absolute Gasteiger partial charge is 0.486 e. The fourth-order valence-electron chi connectivity index (χ4n) is 2.04. The molecular weight excluding hydrogens is 232 g/mol. The maximum Gasteiger partial charge on any atom is 0.191 e. The molecule has 0 saturated carbocycles. The van der Waals surface area contributed by atoms with Crippen LogP contribution in [0.25, 0.3) is 0 Å². The van der Waals surface area contributed by atoms with E-state index in [0.29, 0.717) is 30.3 Å². The Labute approximate surface area is 107 Å². The number of fused-ring (bicyclic) bond motifs is 1. The van der Waals surface area contributed by atoms with Gasteiger partial charge in [0, 0.05) is 12.7 Å². The first kappa shape index (κ1) is 12.9. The molecule has 1 aromatic rings. The molecule has 0 N–H and O–H groups in total. The van der Waals surface area contributed by atoms with Gasteiger partial charge in [-0.3, -0.25) is 4.79 Å². The Morgan fingerprint density at radius 3 is 2.50 bits per heavy atom. The van der Waals surface area contributed by atoms with Crippen LogP contribution in [-0.4, -0.2) is 32.2 Å². The predicted octanol–water partition coefficient (Wildman–Crippen LogP) is 2.31. The third kappa shape index (κ3) is 2.48. The molecule has 98 valence electrons. The highest BCUT2D eigenvalue weighted by atomic mass is 16.6. The lowest BCUT2D eigenvalue weighted by molar-refractivity contribution is 0.0458. The molecule has 0 aliphatic carbocycles. The summed E-state index contributed by atoms with van der Waals surface area (Å²) in [5.74, 6) is 1.43. The molecule has 0 saturated heterocycles. The summed E-state index contributed by atoms with van der Waals surface area (Å²) in [4.78, 5) is 12.3. The summed E-state index contributed by atoms with van der Waals surface area (Å²) < 4.78 is 16.1. The maximum atomic E-state index is 12.3. The van der Waals surface area contributed by atoms with Gasteiger partial charge in [-0.2, -0.15) is 0 Å². The third-order valence-corrected chi connectivity index (χ3v) is 2.94. The number of methoxy groups -OCH3 is 1. The van der Waals surface area contributed by atoms with Crippen molar-refractivity contribution in [3.05, 3.63) is 23.8 Å². The number of carbonyl (C=O) groups is 1. The molecule has 0 bridgehead atoms. The third-order valence-electron chi connectivity index (χ3n) is 2.94. The van der Waals surface area contributed by atoms with Crippen molar-refractivity contribution < 1.29 is 19.0 Å². The Kier molecular flexibility index (Phi) is 3.87. The maximum absolute atomic E-state index is 12.3. The number of hydrogen-bond acceptors (Lipinski definition) is 4. The lowest BCUT2D eigenvalue weighted by atomic mass is 9.97. The predicted molar refractivity (Wildman–Crippen MR) is 67.4 cm³/mol. The van der Waals surface area contributed by atoms with Crippen molar-refractivity contribution in [2.24, 2.45) is 5.92 Å². The first-order valence-corrected chi connectivity index (χ1v) is 6.10. The van der Waals surface area contributed by atoms with Crippen LogP contribution in [0.3, 0.4) is 0 Å². The van der Waals surface area contributed by atoms with Crippen molar-refractivity contribution >= 4 is 5.78 Å².